The zero-order valence-electron chi connectivity index (χ0n) is 11.9. The molecule has 6 heteroatoms. The van der Waals surface area contributed by atoms with Crippen LogP contribution >= 0.6 is 11.3 Å². The Bertz CT molecular complexity index is 614. The minimum Gasteiger partial charge on any atom is -0.374 e. The van der Waals surface area contributed by atoms with Crippen LogP contribution in [-0.2, 0) is 11.2 Å². The van der Waals surface area contributed by atoms with Gasteiger partial charge in [-0.15, -0.1) is 11.3 Å². The molecule has 2 aromatic heterocycles. The normalized spacial score (nSPS) is 18.7. The van der Waals surface area contributed by atoms with E-state index in [2.05, 4.69) is 9.97 Å². The molecule has 1 atom stereocenters. The van der Waals surface area contributed by atoms with Gasteiger partial charge >= 0.3 is 0 Å². The van der Waals surface area contributed by atoms with Crippen LogP contribution in [0.2, 0.25) is 0 Å². The summed E-state index contributed by atoms with van der Waals surface area (Å²) in [6.45, 7) is 3.70. The van der Waals surface area contributed by atoms with E-state index in [1.165, 1.54) is 11.3 Å². The van der Waals surface area contributed by atoms with Crippen molar-refractivity contribution in [3.8, 4) is 0 Å². The van der Waals surface area contributed by atoms with E-state index in [4.69, 9.17) is 4.74 Å². The number of amides is 1. The molecule has 1 saturated heterocycles. The summed E-state index contributed by atoms with van der Waals surface area (Å²) in [5.41, 5.74) is 3.65. The fraction of sp³-hybridized carbons (Fsp3) is 0.400. The summed E-state index contributed by atoms with van der Waals surface area (Å²) >= 11 is 1.40. The standard InChI is InChI=1S/C15H17N3O2S/c1-11-14(21-10-17-11)15(19)18-5-6-20-13(9-18)7-12-3-2-4-16-8-12/h2-4,8,10,13H,5-7,9H2,1H3. The van der Waals surface area contributed by atoms with Crippen molar-refractivity contribution in [3.05, 3.63) is 46.2 Å². The van der Waals surface area contributed by atoms with Crippen LogP contribution in [0.25, 0.3) is 0 Å². The quantitative estimate of drug-likeness (QED) is 0.869. The van der Waals surface area contributed by atoms with E-state index in [1.54, 1.807) is 11.7 Å². The van der Waals surface area contributed by atoms with Gasteiger partial charge in [-0.1, -0.05) is 6.07 Å². The minimum absolute atomic E-state index is 0.0279. The highest BCUT2D eigenvalue weighted by atomic mass is 32.1. The Labute approximate surface area is 127 Å². The number of rotatable bonds is 3. The lowest BCUT2D eigenvalue weighted by atomic mass is 10.1. The fourth-order valence-electron chi connectivity index (χ4n) is 2.46. The summed E-state index contributed by atoms with van der Waals surface area (Å²) in [4.78, 5) is 23.4. The fourth-order valence-corrected chi connectivity index (χ4v) is 3.23. The van der Waals surface area contributed by atoms with Gasteiger partial charge in [-0.05, 0) is 18.6 Å². The zero-order chi connectivity index (χ0) is 14.7. The summed E-state index contributed by atoms with van der Waals surface area (Å²) in [7, 11) is 0. The first-order valence-electron chi connectivity index (χ1n) is 6.94. The lowest BCUT2D eigenvalue weighted by Gasteiger charge is -2.32. The van der Waals surface area contributed by atoms with Crippen molar-refractivity contribution in [1.29, 1.82) is 0 Å². The average Bonchev–Trinajstić information content (AvgIpc) is 2.94. The monoisotopic (exact) mass is 303 g/mol. The van der Waals surface area contributed by atoms with Crippen molar-refractivity contribution in [2.24, 2.45) is 0 Å². The molecule has 0 N–H and O–H groups in total. The van der Waals surface area contributed by atoms with Crippen molar-refractivity contribution in [2.45, 2.75) is 19.4 Å². The van der Waals surface area contributed by atoms with E-state index in [1.807, 2.05) is 30.2 Å². The molecule has 2 aromatic rings. The highest BCUT2D eigenvalue weighted by Crippen LogP contribution is 2.18. The number of thiazole rings is 1. The maximum atomic E-state index is 12.5. The Morgan fingerprint density at radius 3 is 3.19 bits per heavy atom. The van der Waals surface area contributed by atoms with E-state index < -0.39 is 0 Å². The van der Waals surface area contributed by atoms with E-state index in [0.717, 1.165) is 22.6 Å². The van der Waals surface area contributed by atoms with Crippen LogP contribution < -0.4 is 0 Å². The molecule has 1 unspecified atom stereocenters. The topological polar surface area (TPSA) is 55.3 Å². The Morgan fingerprint density at radius 1 is 1.57 bits per heavy atom. The lowest BCUT2D eigenvalue weighted by Crippen LogP contribution is -2.46. The van der Waals surface area contributed by atoms with E-state index in [-0.39, 0.29) is 12.0 Å². The second-order valence-corrected chi connectivity index (χ2v) is 5.93. The van der Waals surface area contributed by atoms with Crippen LogP contribution in [0.1, 0.15) is 20.9 Å². The van der Waals surface area contributed by atoms with Crippen molar-refractivity contribution in [1.82, 2.24) is 14.9 Å². The molecule has 0 aromatic carbocycles. The molecule has 3 rings (SSSR count). The molecule has 21 heavy (non-hydrogen) atoms. The number of hydrogen-bond acceptors (Lipinski definition) is 5. The maximum absolute atomic E-state index is 12.5. The third kappa shape index (κ3) is 3.28. The van der Waals surface area contributed by atoms with Crippen LogP contribution in [-0.4, -0.2) is 46.6 Å². The Kier molecular flexibility index (Phi) is 4.26. The molecule has 1 fully saturated rings. The molecule has 110 valence electrons. The average molecular weight is 303 g/mol. The second kappa shape index (κ2) is 6.32. The van der Waals surface area contributed by atoms with E-state index in [0.29, 0.717) is 19.7 Å². The summed E-state index contributed by atoms with van der Waals surface area (Å²) < 4.78 is 5.78. The number of ether oxygens (including phenoxy) is 1. The van der Waals surface area contributed by atoms with Gasteiger partial charge in [0.05, 0.1) is 23.9 Å². The predicted molar refractivity (Wildman–Crippen MR) is 80.4 cm³/mol. The van der Waals surface area contributed by atoms with Crippen LogP contribution in [0, 0.1) is 6.92 Å². The van der Waals surface area contributed by atoms with Crippen molar-refractivity contribution >= 4 is 17.2 Å². The van der Waals surface area contributed by atoms with Gasteiger partial charge in [0, 0.05) is 31.9 Å². The van der Waals surface area contributed by atoms with E-state index >= 15 is 0 Å². The molecule has 1 aliphatic heterocycles. The number of aromatic nitrogens is 2. The van der Waals surface area contributed by atoms with Gasteiger partial charge in [0.25, 0.3) is 5.91 Å². The number of hydrogen-bond donors (Lipinski definition) is 0. The Morgan fingerprint density at radius 2 is 2.48 bits per heavy atom. The molecule has 3 heterocycles. The first-order valence-corrected chi connectivity index (χ1v) is 7.82. The minimum atomic E-state index is 0.0279. The number of pyridine rings is 1. The SMILES string of the molecule is Cc1ncsc1C(=O)N1CCOC(Cc2cccnc2)C1. The van der Waals surface area contributed by atoms with Crippen LogP contribution in [0.15, 0.2) is 30.0 Å². The van der Waals surface area contributed by atoms with Crippen molar-refractivity contribution in [2.75, 3.05) is 19.7 Å². The first kappa shape index (κ1) is 14.2. The summed E-state index contributed by atoms with van der Waals surface area (Å²) in [5, 5.41) is 0. The highest BCUT2D eigenvalue weighted by Gasteiger charge is 2.26. The van der Waals surface area contributed by atoms with Crippen LogP contribution in [0.4, 0.5) is 0 Å². The van der Waals surface area contributed by atoms with E-state index in [9.17, 15) is 4.79 Å². The zero-order valence-corrected chi connectivity index (χ0v) is 12.7. The largest absolute Gasteiger partial charge is 0.374 e. The van der Waals surface area contributed by atoms with Gasteiger partial charge in [0.1, 0.15) is 4.88 Å². The Balaban J connectivity index is 1.66. The molecule has 0 radical (unpaired) electrons. The number of carbonyl (C=O) groups excluding carboxylic acids is 1. The summed E-state index contributed by atoms with van der Waals surface area (Å²) in [6, 6.07) is 3.95. The van der Waals surface area contributed by atoms with Crippen molar-refractivity contribution in [3.63, 3.8) is 0 Å². The third-order valence-electron chi connectivity index (χ3n) is 3.55. The van der Waals surface area contributed by atoms with Gasteiger partial charge in [-0.3, -0.25) is 9.78 Å². The molecule has 5 nitrogen and oxygen atoms in total. The maximum Gasteiger partial charge on any atom is 0.266 e. The number of carbonyl (C=O) groups is 1. The summed E-state index contributed by atoms with van der Waals surface area (Å²) in [5.74, 6) is 0.0643. The third-order valence-corrected chi connectivity index (χ3v) is 4.47. The number of morpholine rings is 1. The van der Waals surface area contributed by atoms with Gasteiger partial charge < -0.3 is 9.64 Å². The van der Waals surface area contributed by atoms with Crippen LogP contribution in [0.3, 0.4) is 0 Å². The molecular formula is C15H17N3O2S. The lowest BCUT2D eigenvalue weighted by molar-refractivity contribution is -0.0207. The molecule has 1 amide bonds. The van der Waals surface area contributed by atoms with Gasteiger partial charge in [-0.2, -0.15) is 0 Å². The summed E-state index contributed by atoms with van der Waals surface area (Å²) in [6.07, 6.45) is 4.41. The van der Waals surface area contributed by atoms with Crippen LogP contribution in [0.5, 0.6) is 0 Å². The molecule has 0 bridgehead atoms. The number of aryl methyl sites for hydroxylation is 1. The molecule has 0 spiro atoms. The molecule has 1 aliphatic rings. The van der Waals surface area contributed by atoms with Gasteiger partial charge in [0.15, 0.2) is 0 Å². The second-order valence-electron chi connectivity index (χ2n) is 5.08. The first-order chi connectivity index (χ1) is 10.2. The van der Waals surface area contributed by atoms with Crippen molar-refractivity contribution < 1.29 is 9.53 Å². The Hall–Kier alpha value is -1.79. The highest BCUT2D eigenvalue weighted by molar-refractivity contribution is 7.11. The molecule has 0 aliphatic carbocycles. The predicted octanol–water partition coefficient (Wildman–Crippen LogP) is 1.93. The smallest absolute Gasteiger partial charge is 0.266 e. The molecule has 0 saturated carbocycles. The van der Waals surface area contributed by atoms with Gasteiger partial charge in [-0.25, -0.2) is 4.98 Å². The molecular weight excluding hydrogens is 286 g/mol. The number of nitrogens with zero attached hydrogens (tertiary/aromatic N) is 3. The van der Waals surface area contributed by atoms with Gasteiger partial charge in [0.2, 0.25) is 0 Å².